The lowest BCUT2D eigenvalue weighted by molar-refractivity contribution is 0.230. The van der Waals surface area contributed by atoms with Gasteiger partial charge >= 0.3 is 0 Å². The number of nitrogens with zero attached hydrogens (tertiary/aromatic N) is 1. The van der Waals surface area contributed by atoms with Crippen LogP contribution in [0.2, 0.25) is 0 Å². The Bertz CT molecular complexity index is 182. The number of rotatable bonds is 1. The first-order chi connectivity index (χ1) is 6.65. The van der Waals surface area contributed by atoms with Crippen LogP contribution >= 0.6 is 0 Å². The van der Waals surface area contributed by atoms with Crippen molar-refractivity contribution in [3.05, 3.63) is 24.3 Å². The third-order valence-corrected chi connectivity index (χ3v) is 2.72. The van der Waals surface area contributed by atoms with Crippen molar-refractivity contribution < 1.29 is 0 Å². The Kier molecular flexibility index (Phi) is 7.50. The molecule has 0 saturated carbocycles. The molecule has 1 saturated heterocycles. The molecule has 1 nitrogen and oxygen atoms in total. The molecule has 14 heavy (non-hydrogen) atoms. The highest BCUT2D eigenvalue weighted by molar-refractivity contribution is 5.03. The zero-order valence-electron chi connectivity index (χ0n) is 10.2. The number of piperidine rings is 1. The molecule has 82 valence electrons. The van der Waals surface area contributed by atoms with E-state index in [9.17, 15) is 0 Å². The molecule has 1 aliphatic rings. The summed E-state index contributed by atoms with van der Waals surface area (Å²) in [6, 6.07) is 0. The van der Waals surface area contributed by atoms with Crippen molar-refractivity contribution in [3.63, 3.8) is 0 Å². The molecule has 0 aromatic heterocycles. The molecule has 0 spiro atoms. The van der Waals surface area contributed by atoms with E-state index in [2.05, 4.69) is 38.5 Å². The molecule has 0 N–H and O–H groups in total. The fourth-order valence-corrected chi connectivity index (χ4v) is 1.77. The Hall–Kier alpha value is -0.560. The maximum Gasteiger partial charge on any atom is 0.00439 e. The van der Waals surface area contributed by atoms with Crippen molar-refractivity contribution >= 4 is 0 Å². The van der Waals surface area contributed by atoms with Crippen LogP contribution in [0.1, 0.15) is 33.6 Å². The van der Waals surface area contributed by atoms with Crippen molar-refractivity contribution in [1.82, 2.24) is 4.90 Å². The van der Waals surface area contributed by atoms with Gasteiger partial charge in [-0.3, -0.25) is 0 Å². The van der Waals surface area contributed by atoms with Crippen LogP contribution in [0, 0.1) is 5.92 Å². The van der Waals surface area contributed by atoms with Gasteiger partial charge in [-0.25, -0.2) is 0 Å². The molecular formula is C13H25N. The van der Waals surface area contributed by atoms with E-state index in [0.29, 0.717) is 0 Å². The molecule has 1 heterocycles. The average molecular weight is 195 g/mol. The van der Waals surface area contributed by atoms with Gasteiger partial charge in [-0.2, -0.15) is 0 Å². The van der Waals surface area contributed by atoms with Gasteiger partial charge in [0, 0.05) is 6.54 Å². The van der Waals surface area contributed by atoms with Crippen LogP contribution in [0.3, 0.4) is 0 Å². The maximum atomic E-state index is 3.36. The number of hydrogen-bond donors (Lipinski definition) is 0. The maximum absolute atomic E-state index is 3.36. The van der Waals surface area contributed by atoms with Crippen molar-refractivity contribution in [2.45, 2.75) is 33.6 Å². The standard InChI is InChI=1S/C10H19N.C3H6/c1-4-9(2)10-6-5-7-11(3)8-10;1-3-2/h4,10H,5-8H2,1-3H3;3H,1H2,2H3/b9-4-;. The summed E-state index contributed by atoms with van der Waals surface area (Å²) >= 11 is 0. The molecular weight excluding hydrogens is 170 g/mol. The normalized spacial score (nSPS) is 23.7. The van der Waals surface area contributed by atoms with Gasteiger partial charge in [-0.15, -0.1) is 6.58 Å². The van der Waals surface area contributed by atoms with Crippen LogP contribution in [0.15, 0.2) is 24.3 Å². The van der Waals surface area contributed by atoms with Crippen LogP contribution < -0.4 is 0 Å². The zero-order chi connectivity index (χ0) is 11.0. The lowest BCUT2D eigenvalue weighted by atomic mass is 9.91. The van der Waals surface area contributed by atoms with Crippen LogP contribution in [-0.2, 0) is 0 Å². The predicted molar refractivity (Wildman–Crippen MR) is 65.5 cm³/mol. The quantitative estimate of drug-likeness (QED) is 0.579. The Balaban J connectivity index is 0.000000500. The molecule has 0 aromatic rings. The number of likely N-dealkylation sites (tertiary alicyclic amines) is 1. The first-order valence-corrected chi connectivity index (χ1v) is 5.54. The highest BCUT2D eigenvalue weighted by Crippen LogP contribution is 2.21. The molecule has 0 aromatic carbocycles. The fourth-order valence-electron chi connectivity index (χ4n) is 1.77. The van der Waals surface area contributed by atoms with E-state index >= 15 is 0 Å². The monoisotopic (exact) mass is 195 g/mol. The molecule has 1 atom stereocenters. The van der Waals surface area contributed by atoms with Gasteiger partial charge in [0.15, 0.2) is 0 Å². The van der Waals surface area contributed by atoms with Gasteiger partial charge in [0.2, 0.25) is 0 Å². The van der Waals surface area contributed by atoms with E-state index in [1.807, 2.05) is 6.92 Å². The average Bonchev–Trinajstić information content (AvgIpc) is 2.18. The Morgan fingerprint density at radius 2 is 2.00 bits per heavy atom. The second-order valence-corrected chi connectivity index (χ2v) is 4.04. The summed E-state index contributed by atoms with van der Waals surface area (Å²) in [7, 11) is 2.22. The molecule has 1 fully saturated rings. The van der Waals surface area contributed by atoms with E-state index in [1.54, 1.807) is 11.6 Å². The van der Waals surface area contributed by atoms with Crippen molar-refractivity contribution in [3.8, 4) is 0 Å². The minimum Gasteiger partial charge on any atom is -0.306 e. The van der Waals surface area contributed by atoms with Crippen LogP contribution in [0.5, 0.6) is 0 Å². The van der Waals surface area contributed by atoms with Gasteiger partial charge in [-0.05, 0) is 53.1 Å². The topological polar surface area (TPSA) is 3.24 Å². The highest BCUT2D eigenvalue weighted by atomic mass is 15.1. The molecule has 1 heteroatoms. The van der Waals surface area contributed by atoms with Gasteiger partial charge in [0.1, 0.15) is 0 Å². The zero-order valence-corrected chi connectivity index (χ0v) is 10.2. The van der Waals surface area contributed by atoms with Crippen LogP contribution in [0.25, 0.3) is 0 Å². The smallest absolute Gasteiger partial charge is 0.00439 e. The minimum atomic E-state index is 0.832. The van der Waals surface area contributed by atoms with Crippen molar-refractivity contribution in [2.24, 2.45) is 5.92 Å². The second-order valence-electron chi connectivity index (χ2n) is 4.04. The summed E-state index contributed by atoms with van der Waals surface area (Å²) in [4.78, 5) is 2.43. The Labute approximate surface area is 89.5 Å². The van der Waals surface area contributed by atoms with E-state index < -0.39 is 0 Å². The van der Waals surface area contributed by atoms with Crippen molar-refractivity contribution in [2.75, 3.05) is 20.1 Å². The highest BCUT2D eigenvalue weighted by Gasteiger charge is 2.17. The first kappa shape index (κ1) is 13.4. The van der Waals surface area contributed by atoms with E-state index in [0.717, 1.165) is 5.92 Å². The molecule has 0 bridgehead atoms. The van der Waals surface area contributed by atoms with Gasteiger partial charge in [0.25, 0.3) is 0 Å². The summed E-state index contributed by atoms with van der Waals surface area (Å²) in [5.41, 5.74) is 1.57. The third-order valence-electron chi connectivity index (χ3n) is 2.72. The molecule has 0 radical (unpaired) electrons. The number of allylic oxidation sites excluding steroid dienone is 2. The minimum absolute atomic E-state index is 0.832. The second kappa shape index (κ2) is 7.81. The van der Waals surface area contributed by atoms with Gasteiger partial charge in [-0.1, -0.05) is 17.7 Å². The Morgan fingerprint density at radius 1 is 1.43 bits per heavy atom. The summed E-state index contributed by atoms with van der Waals surface area (Å²) in [6.45, 7) is 12.2. The predicted octanol–water partition coefficient (Wildman–Crippen LogP) is 3.49. The van der Waals surface area contributed by atoms with E-state index in [4.69, 9.17) is 0 Å². The molecule has 0 aliphatic carbocycles. The summed E-state index contributed by atoms with van der Waals surface area (Å²) in [5.74, 6) is 0.832. The fraction of sp³-hybridized carbons (Fsp3) is 0.692. The van der Waals surface area contributed by atoms with Crippen LogP contribution in [-0.4, -0.2) is 25.0 Å². The molecule has 1 aliphatic heterocycles. The third kappa shape index (κ3) is 5.23. The lowest BCUT2D eigenvalue weighted by Crippen LogP contribution is -2.32. The molecule has 1 unspecified atom stereocenters. The number of hydrogen-bond acceptors (Lipinski definition) is 1. The first-order valence-electron chi connectivity index (χ1n) is 5.54. The van der Waals surface area contributed by atoms with E-state index in [-0.39, 0.29) is 0 Å². The summed E-state index contributed by atoms with van der Waals surface area (Å²) in [5, 5.41) is 0. The SMILES string of the molecule is C/C=C(/C)C1CCCN(C)C1.C=CC. The van der Waals surface area contributed by atoms with Gasteiger partial charge < -0.3 is 4.90 Å². The largest absolute Gasteiger partial charge is 0.306 e. The summed E-state index contributed by atoms with van der Waals surface area (Å²) in [6.07, 6.45) is 6.76. The van der Waals surface area contributed by atoms with Gasteiger partial charge in [0.05, 0.1) is 0 Å². The van der Waals surface area contributed by atoms with E-state index in [1.165, 1.54) is 25.9 Å². The Morgan fingerprint density at radius 3 is 2.43 bits per heavy atom. The lowest BCUT2D eigenvalue weighted by Gasteiger charge is -2.30. The molecule has 1 rings (SSSR count). The van der Waals surface area contributed by atoms with Crippen LogP contribution in [0.4, 0.5) is 0 Å². The summed E-state index contributed by atoms with van der Waals surface area (Å²) < 4.78 is 0. The molecule has 0 amide bonds. The van der Waals surface area contributed by atoms with Crippen molar-refractivity contribution in [1.29, 1.82) is 0 Å².